The average molecular weight is 315 g/mol. The van der Waals surface area contributed by atoms with Crippen molar-refractivity contribution in [1.82, 2.24) is 0 Å². The van der Waals surface area contributed by atoms with Crippen molar-refractivity contribution in [3.05, 3.63) is 47.5 Å². The zero-order valence-corrected chi connectivity index (χ0v) is 13.1. The van der Waals surface area contributed by atoms with Crippen LogP contribution in [0.25, 0.3) is 0 Å². The molecule has 1 atom stereocenters. The van der Waals surface area contributed by atoms with Crippen molar-refractivity contribution in [3.8, 4) is 17.2 Å². The first-order valence-electron chi connectivity index (χ1n) is 7.04. The Morgan fingerprint density at radius 2 is 1.87 bits per heavy atom. The van der Waals surface area contributed by atoms with Gasteiger partial charge in [-0.3, -0.25) is 0 Å². The van der Waals surface area contributed by atoms with E-state index in [0.29, 0.717) is 28.4 Å². The Hall–Kier alpha value is -2.89. The number of benzene rings is 2. The number of carbonyl (C=O) groups excluding carboxylic acids is 1. The molecule has 1 heterocycles. The third kappa shape index (κ3) is 2.63. The van der Waals surface area contributed by atoms with E-state index in [1.54, 1.807) is 19.2 Å². The van der Waals surface area contributed by atoms with Crippen LogP contribution in [0.1, 0.15) is 22.1 Å². The Morgan fingerprint density at radius 1 is 1.04 bits per heavy atom. The molecule has 1 aliphatic rings. The molecule has 0 aliphatic carbocycles. The van der Waals surface area contributed by atoms with Crippen molar-refractivity contribution in [3.63, 3.8) is 0 Å². The minimum Gasteiger partial charge on any atom is -0.497 e. The summed E-state index contributed by atoms with van der Waals surface area (Å²) in [5, 5.41) is 3.17. The average Bonchev–Trinajstić information content (AvgIpc) is 2.90. The van der Waals surface area contributed by atoms with Crippen molar-refractivity contribution < 1.29 is 23.7 Å². The standard InChI is InChI=1S/C17H17NO5/c1-20-11-6-4-5-10(9-11)18-16-12-7-8-13(21-2)15(22-3)14(12)17(19)23-16/h4-9,16,18H,1-3H3. The first-order valence-corrected chi connectivity index (χ1v) is 7.04. The van der Waals surface area contributed by atoms with Crippen molar-refractivity contribution in [2.45, 2.75) is 6.23 Å². The van der Waals surface area contributed by atoms with Gasteiger partial charge in [-0.1, -0.05) is 6.07 Å². The lowest BCUT2D eigenvalue weighted by Crippen LogP contribution is -2.10. The molecule has 0 saturated heterocycles. The monoisotopic (exact) mass is 315 g/mol. The molecule has 1 N–H and O–H groups in total. The van der Waals surface area contributed by atoms with Crippen LogP contribution in [0.5, 0.6) is 17.2 Å². The maximum absolute atomic E-state index is 12.2. The predicted octanol–water partition coefficient (Wildman–Crippen LogP) is 2.99. The van der Waals surface area contributed by atoms with Crippen LogP contribution >= 0.6 is 0 Å². The summed E-state index contributed by atoms with van der Waals surface area (Å²) in [5.41, 5.74) is 1.87. The van der Waals surface area contributed by atoms with Gasteiger partial charge in [0.15, 0.2) is 11.5 Å². The highest BCUT2D eigenvalue weighted by atomic mass is 16.6. The summed E-state index contributed by atoms with van der Waals surface area (Å²) < 4.78 is 21.2. The van der Waals surface area contributed by atoms with Crippen LogP contribution in [-0.2, 0) is 4.74 Å². The zero-order valence-electron chi connectivity index (χ0n) is 13.1. The molecule has 0 aromatic heterocycles. The van der Waals surface area contributed by atoms with E-state index in [1.165, 1.54) is 14.2 Å². The summed E-state index contributed by atoms with van der Waals surface area (Å²) in [6.45, 7) is 0. The van der Waals surface area contributed by atoms with E-state index in [1.807, 2.05) is 24.3 Å². The first kappa shape index (κ1) is 15.0. The van der Waals surface area contributed by atoms with Crippen LogP contribution in [0.2, 0.25) is 0 Å². The van der Waals surface area contributed by atoms with Gasteiger partial charge >= 0.3 is 5.97 Å². The van der Waals surface area contributed by atoms with Crippen LogP contribution in [0.3, 0.4) is 0 Å². The van der Waals surface area contributed by atoms with E-state index in [-0.39, 0.29) is 0 Å². The van der Waals surface area contributed by atoms with Gasteiger partial charge < -0.3 is 24.3 Å². The Labute approximate surface area is 133 Å². The summed E-state index contributed by atoms with van der Waals surface area (Å²) in [4.78, 5) is 12.2. The van der Waals surface area contributed by atoms with Gasteiger partial charge in [-0.25, -0.2) is 4.79 Å². The van der Waals surface area contributed by atoms with E-state index in [4.69, 9.17) is 18.9 Å². The minimum atomic E-state index is -0.593. The molecule has 0 fully saturated rings. The van der Waals surface area contributed by atoms with Gasteiger partial charge in [0.1, 0.15) is 11.3 Å². The highest BCUT2D eigenvalue weighted by Gasteiger charge is 2.35. The van der Waals surface area contributed by atoms with E-state index in [9.17, 15) is 4.79 Å². The lowest BCUT2D eigenvalue weighted by Gasteiger charge is -2.15. The number of carbonyl (C=O) groups is 1. The lowest BCUT2D eigenvalue weighted by atomic mass is 10.1. The zero-order chi connectivity index (χ0) is 16.4. The molecule has 0 saturated carbocycles. The van der Waals surface area contributed by atoms with Crippen LogP contribution < -0.4 is 19.5 Å². The van der Waals surface area contributed by atoms with E-state index in [2.05, 4.69) is 5.32 Å². The Morgan fingerprint density at radius 3 is 2.57 bits per heavy atom. The molecule has 23 heavy (non-hydrogen) atoms. The highest BCUT2D eigenvalue weighted by Crippen LogP contribution is 2.42. The maximum Gasteiger partial charge on any atom is 0.344 e. The van der Waals surface area contributed by atoms with Crippen molar-refractivity contribution in [1.29, 1.82) is 0 Å². The molecule has 6 nitrogen and oxygen atoms in total. The fourth-order valence-corrected chi connectivity index (χ4v) is 2.57. The molecule has 0 spiro atoms. The quantitative estimate of drug-likeness (QED) is 0.856. The normalized spacial score (nSPS) is 15.6. The number of cyclic esters (lactones) is 1. The third-order valence-electron chi connectivity index (χ3n) is 3.66. The summed E-state index contributed by atoms with van der Waals surface area (Å²) in [6, 6.07) is 10.9. The van der Waals surface area contributed by atoms with Crippen LogP contribution in [0.4, 0.5) is 5.69 Å². The molecule has 1 aliphatic heterocycles. The van der Waals surface area contributed by atoms with Crippen molar-refractivity contribution in [2.24, 2.45) is 0 Å². The number of nitrogens with one attached hydrogen (secondary N) is 1. The van der Waals surface area contributed by atoms with Gasteiger partial charge in [0.05, 0.1) is 21.3 Å². The molecule has 120 valence electrons. The van der Waals surface area contributed by atoms with Gasteiger partial charge in [0.25, 0.3) is 0 Å². The second-order valence-electron chi connectivity index (χ2n) is 4.93. The highest BCUT2D eigenvalue weighted by molar-refractivity contribution is 5.98. The van der Waals surface area contributed by atoms with Gasteiger partial charge in [0, 0.05) is 17.3 Å². The van der Waals surface area contributed by atoms with E-state index < -0.39 is 12.2 Å². The largest absolute Gasteiger partial charge is 0.497 e. The molecule has 2 aromatic carbocycles. The molecule has 0 radical (unpaired) electrons. The third-order valence-corrected chi connectivity index (χ3v) is 3.66. The number of methoxy groups -OCH3 is 3. The number of fused-ring (bicyclic) bond motifs is 1. The molecular formula is C17H17NO5. The van der Waals surface area contributed by atoms with Crippen LogP contribution in [-0.4, -0.2) is 27.3 Å². The summed E-state index contributed by atoms with van der Waals surface area (Å²) in [6.07, 6.45) is -0.593. The van der Waals surface area contributed by atoms with Gasteiger partial charge in [-0.15, -0.1) is 0 Å². The van der Waals surface area contributed by atoms with E-state index >= 15 is 0 Å². The summed E-state index contributed by atoms with van der Waals surface area (Å²) in [5.74, 6) is 1.14. The molecule has 1 unspecified atom stereocenters. The molecule has 6 heteroatoms. The van der Waals surface area contributed by atoms with Crippen molar-refractivity contribution in [2.75, 3.05) is 26.6 Å². The number of rotatable bonds is 5. The number of hydrogen-bond acceptors (Lipinski definition) is 6. The smallest absolute Gasteiger partial charge is 0.344 e. The topological polar surface area (TPSA) is 66.0 Å². The second-order valence-corrected chi connectivity index (χ2v) is 4.93. The first-order chi connectivity index (χ1) is 11.2. The Balaban J connectivity index is 1.95. The second kappa shape index (κ2) is 6.08. The minimum absolute atomic E-state index is 0.380. The summed E-state index contributed by atoms with van der Waals surface area (Å²) in [7, 11) is 4.62. The van der Waals surface area contributed by atoms with Crippen LogP contribution in [0.15, 0.2) is 36.4 Å². The SMILES string of the molecule is COc1cccc(NC2OC(=O)c3c2ccc(OC)c3OC)c1. The molecular weight excluding hydrogens is 298 g/mol. The molecule has 0 amide bonds. The number of anilines is 1. The van der Waals surface area contributed by atoms with E-state index in [0.717, 1.165) is 5.69 Å². The lowest BCUT2D eigenvalue weighted by molar-refractivity contribution is 0.0435. The molecule has 0 bridgehead atoms. The maximum atomic E-state index is 12.2. The predicted molar refractivity (Wildman–Crippen MR) is 84.3 cm³/mol. The van der Waals surface area contributed by atoms with Crippen LogP contribution in [0, 0.1) is 0 Å². The van der Waals surface area contributed by atoms with Gasteiger partial charge in [0.2, 0.25) is 6.23 Å². The molecule has 3 rings (SSSR count). The Bertz CT molecular complexity index is 744. The van der Waals surface area contributed by atoms with Gasteiger partial charge in [-0.2, -0.15) is 0 Å². The van der Waals surface area contributed by atoms with Gasteiger partial charge in [-0.05, 0) is 24.3 Å². The number of esters is 1. The Kier molecular flexibility index (Phi) is 3.97. The summed E-state index contributed by atoms with van der Waals surface area (Å²) >= 11 is 0. The number of ether oxygens (including phenoxy) is 4. The molecule has 2 aromatic rings. The van der Waals surface area contributed by atoms with Crippen molar-refractivity contribution >= 4 is 11.7 Å². The fourth-order valence-electron chi connectivity index (χ4n) is 2.57. The number of hydrogen-bond donors (Lipinski definition) is 1. The fraction of sp³-hybridized carbons (Fsp3) is 0.235.